The molecule has 7 nitrogen and oxygen atoms in total. The first-order chi connectivity index (χ1) is 15.0. The lowest BCUT2D eigenvalue weighted by Gasteiger charge is -2.11. The van der Waals surface area contributed by atoms with Crippen LogP contribution in [0.2, 0.25) is 0 Å². The van der Waals surface area contributed by atoms with Crippen LogP contribution in [0, 0.1) is 0 Å². The number of fused-ring (bicyclic) bond motifs is 1. The average molecular weight is 418 g/mol. The molecule has 158 valence electrons. The van der Waals surface area contributed by atoms with Crippen LogP contribution in [-0.2, 0) is 6.54 Å². The van der Waals surface area contributed by atoms with E-state index in [0.717, 1.165) is 22.0 Å². The van der Waals surface area contributed by atoms with E-state index < -0.39 is 0 Å². The predicted molar refractivity (Wildman–Crippen MR) is 119 cm³/mol. The van der Waals surface area contributed by atoms with Crippen LogP contribution in [0.5, 0.6) is 23.0 Å². The minimum absolute atomic E-state index is 0.136. The molecule has 0 amide bonds. The summed E-state index contributed by atoms with van der Waals surface area (Å²) in [6.45, 7) is 0.270. The zero-order valence-electron chi connectivity index (χ0n) is 17.1. The number of rotatable bonds is 6. The van der Waals surface area contributed by atoms with Gasteiger partial charge in [0, 0.05) is 34.8 Å². The first kappa shape index (κ1) is 20.2. The molecule has 0 saturated heterocycles. The number of aromatic nitrogens is 1. The van der Waals surface area contributed by atoms with Gasteiger partial charge in [0.1, 0.15) is 28.7 Å². The Labute approximate surface area is 179 Å². The minimum Gasteiger partial charge on any atom is -0.508 e. The van der Waals surface area contributed by atoms with Gasteiger partial charge in [0.2, 0.25) is 0 Å². The van der Waals surface area contributed by atoms with E-state index in [1.54, 1.807) is 50.6 Å². The van der Waals surface area contributed by atoms with E-state index in [-0.39, 0.29) is 18.0 Å². The molecule has 0 aliphatic heterocycles. The zero-order valence-corrected chi connectivity index (χ0v) is 17.1. The Morgan fingerprint density at radius 1 is 0.903 bits per heavy atom. The number of hydrogen-bond donors (Lipinski definition) is 3. The topological polar surface area (TPSA) is 96.4 Å². The van der Waals surface area contributed by atoms with E-state index in [1.807, 2.05) is 35.0 Å². The summed E-state index contributed by atoms with van der Waals surface area (Å²) in [4.78, 5) is 0. The molecule has 4 rings (SSSR count). The monoisotopic (exact) mass is 418 g/mol. The van der Waals surface area contributed by atoms with E-state index in [1.165, 1.54) is 0 Å². The molecule has 7 heteroatoms. The van der Waals surface area contributed by atoms with Gasteiger partial charge in [-0.2, -0.15) is 0 Å². The first-order valence-corrected chi connectivity index (χ1v) is 9.58. The SMILES string of the molecule is COc1cc(OC)c2c(-c3ccc(O)cc3)cn(C/C(=N\O)c3ccc(O)cc3)c2c1. The van der Waals surface area contributed by atoms with Crippen molar-refractivity contribution in [2.75, 3.05) is 14.2 Å². The van der Waals surface area contributed by atoms with Crippen molar-refractivity contribution >= 4 is 16.6 Å². The number of phenols is 2. The van der Waals surface area contributed by atoms with Crippen LogP contribution < -0.4 is 9.47 Å². The molecule has 1 heterocycles. The maximum Gasteiger partial charge on any atom is 0.132 e. The zero-order chi connectivity index (χ0) is 22.0. The lowest BCUT2D eigenvalue weighted by atomic mass is 10.0. The van der Waals surface area contributed by atoms with Crippen LogP contribution in [0.25, 0.3) is 22.0 Å². The Morgan fingerprint density at radius 2 is 1.55 bits per heavy atom. The smallest absolute Gasteiger partial charge is 0.132 e. The van der Waals surface area contributed by atoms with Crippen molar-refractivity contribution < 1.29 is 24.9 Å². The van der Waals surface area contributed by atoms with Gasteiger partial charge in [-0.25, -0.2) is 0 Å². The van der Waals surface area contributed by atoms with Crippen molar-refractivity contribution in [1.82, 2.24) is 4.57 Å². The maximum atomic E-state index is 9.68. The van der Waals surface area contributed by atoms with Crippen molar-refractivity contribution in [3.63, 3.8) is 0 Å². The number of oxime groups is 1. The van der Waals surface area contributed by atoms with E-state index in [4.69, 9.17) is 9.47 Å². The van der Waals surface area contributed by atoms with Crippen molar-refractivity contribution in [2.45, 2.75) is 6.54 Å². The van der Waals surface area contributed by atoms with Crippen LogP contribution in [0.15, 0.2) is 72.0 Å². The van der Waals surface area contributed by atoms with Crippen molar-refractivity contribution in [1.29, 1.82) is 0 Å². The molecular weight excluding hydrogens is 396 g/mol. The fourth-order valence-corrected chi connectivity index (χ4v) is 3.63. The quantitative estimate of drug-likeness (QED) is 0.241. The Balaban J connectivity index is 1.90. The molecule has 0 saturated carbocycles. The molecule has 4 aromatic rings. The molecule has 0 spiro atoms. The van der Waals surface area contributed by atoms with Gasteiger partial charge >= 0.3 is 0 Å². The summed E-state index contributed by atoms with van der Waals surface area (Å²) in [5, 5.41) is 33.3. The van der Waals surface area contributed by atoms with Crippen molar-refractivity contribution in [2.24, 2.45) is 5.16 Å². The normalized spacial score (nSPS) is 11.6. The minimum atomic E-state index is 0.136. The third kappa shape index (κ3) is 3.85. The average Bonchev–Trinajstić information content (AvgIpc) is 3.16. The highest BCUT2D eigenvalue weighted by molar-refractivity contribution is 6.04. The summed E-state index contributed by atoms with van der Waals surface area (Å²) in [6, 6.07) is 17.1. The van der Waals surface area contributed by atoms with Gasteiger partial charge in [0.15, 0.2) is 0 Å². The van der Waals surface area contributed by atoms with Crippen LogP contribution in [-0.4, -0.2) is 39.9 Å². The molecule has 31 heavy (non-hydrogen) atoms. The summed E-state index contributed by atoms with van der Waals surface area (Å²) in [7, 11) is 3.19. The fraction of sp³-hybridized carbons (Fsp3) is 0.125. The molecule has 0 atom stereocenters. The Bertz CT molecular complexity index is 1240. The summed E-state index contributed by atoms with van der Waals surface area (Å²) in [6.07, 6.45) is 1.95. The number of hydrogen-bond acceptors (Lipinski definition) is 6. The van der Waals surface area contributed by atoms with E-state index in [0.29, 0.717) is 22.8 Å². The molecule has 3 aromatic carbocycles. The lowest BCUT2D eigenvalue weighted by Crippen LogP contribution is -2.11. The number of benzene rings is 3. The van der Waals surface area contributed by atoms with Gasteiger partial charge in [-0.05, 0) is 42.0 Å². The van der Waals surface area contributed by atoms with Crippen LogP contribution in [0.3, 0.4) is 0 Å². The van der Waals surface area contributed by atoms with E-state index >= 15 is 0 Å². The third-order valence-corrected chi connectivity index (χ3v) is 5.19. The Kier molecular flexibility index (Phi) is 5.41. The fourth-order valence-electron chi connectivity index (χ4n) is 3.63. The molecule has 0 aliphatic carbocycles. The molecule has 0 radical (unpaired) electrons. The molecule has 0 aliphatic rings. The Hall–Kier alpha value is -4.13. The second-order valence-corrected chi connectivity index (χ2v) is 7.03. The Morgan fingerprint density at radius 3 is 2.13 bits per heavy atom. The highest BCUT2D eigenvalue weighted by atomic mass is 16.5. The second kappa shape index (κ2) is 8.31. The van der Waals surface area contributed by atoms with Gasteiger partial charge < -0.3 is 29.5 Å². The largest absolute Gasteiger partial charge is 0.508 e. The molecule has 1 aromatic heterocycles. The molecular formula is C24H22N2O5. The predicted octanol–water partition coefficient (Wildman–Crippen LogP) is 4.62. The number of nitrogens with zero attached hydrogens (tertiary/aromatic N) is 2. The first-order valence-electron chi connectivity index (χ1n) is 9.58. The van der Waals surface area contributed by atoms with Crippen LogP contribution in [0.4, 0.5) is 0 Å². The van der Waals surface area contributed by atoms with Gasteiger partial charge in [0.05, 0.1) is 26.3 Å². The highest BCUT2D eigenvalue weighted by Crippen LogP contribution is 2.40. The number of phenolic OH excluding ortho intramolecular Hbond substituents is 2. The van der Waals surface area contributed by atoms with Crippen molar-refractivity contribution in [3.8, 4) is 34.1 Å². The number of methoxy groups -OCH3 is 2. The molecule has 3 N–H and O–H groups in total. The standard InChI is InChI=1S/C24H22N2O5/c1-30-19-11-22-24(23(12-19)31-2)20(15-3-7-17(27)8-4-15)13-26(22)14-21(25-29)16-5-9-18(28)10-6-16/h3-13,27-29H,14H2,1-2H3/b25-21+. The van der Waals surface area contributed by atoms with E-state index in [2.05, 4.69) is 5.16 Å². The van der Waals surface area contributed by atoms with Gasteiger partial charge in [-0.3, -0.25) is 0 Å². The molecule has 0 unspecified atom stereocenters. The number of aromatic hydroxyl groups is 2. The maximum absolute atomic E-state index is 9.68. The summed E-state index contributed by atoms with van der Waals surface area (Å²) in [5.41, 5.74) is 3.74. The van der Waals surface area contributed by atoms with Crippen LogP contribution in [0.1, 0.15) is 5.56 Å². The summed E-state index contributed by atoms with van der Waals surface area (Å²) in [5.74, 6) is 1.59. The lowest BCUT2D eigenvalue weighted by molar-refractivity contribution is 0.317. The summed E-state index contributed by atoms with van der Waals surface area (Å²) < 4.78 is 13.0. The van der Waals surface area contributed by atoms with Crippen molar-refractivity contribution in [3.05, 3.63) is 72.4 Å². The molecule has 0 bridgehead atoms. The highest BCUT2D eigenvalue weighted by Gasteiger charge is 2.18. The molecule has 0 fully saturated rings. The second-order valence-electron chi connectivity index (χ2n) is 7.03. The van der Waals surface area contributed by atoms with E-state index in [9.17, 15) is 15.4 Å². The summed E-state index contributed by atoms with van der Waals surface area (Å²) >= 11 is 0. The van der Waals surface area contributed by atoms with Gasteiger partial charge in [0.25, 0.3) is 0 Å². The van der Waals surface area contributed by atoms with Gasteiger partial charge in [-0.1, -0.05) is 17.3 Å². The number of ether oxygens (including phenoxy) is 2. The van der Waals surface area contributed by atoms with Crippen LogP contribution >= 0.6 is 0 Å². The van der Waals surface area contributed by atoms with Gasteiger partial charge in [-0.15, -0.1) is 0 Å². The third-order valence-electron chi connectivity index (χ3n) is 5.19.